The largest absolute Gasteiger partial charge is 0.393 e. The second kappa shape index (κ2) is 6.17. The van der Waals surface area contributed by atoms with Gasteiger partial charge in [-0.25, -0.2) is 0 Å². The molecule has 2 fully saturated rings. The minimum absolute atomic E-state index is 0.169. The van der Waals surface area contributed by atoms with E-state index in [1.807, 2.05) is 6.92 Å². The molecule has 1 aliphatic heterocycles. The third-order valence-corrected chi connectivity index (χ3v) is 4.55. The number of hydrogen-bond donors (Lipinski definition) is 2. The summed E-state index contributed by atoms with van der Waals surface area (Å²) in [5.74, 6) is 0.699. The number of nitrogens with two attached hydrogens (primary N) is 1. The molecule has 0 amide bonds. The maximum absolute atomic E-state index is 9.58. The number of rotatable bonds is 4. The molecule has 0 aromatic rings. The molecule has 0 spiro atoms. The third-order valence-electron chi connectivity index (χ3n) is 4.55. The molecule has 17 heavy (non-hydrogen) atoms. The minimum atomic E-state index is -0.169. The molecular formula is C14H28N2O. The van der Waals surface area contributed by atoms with E-state index in [0.717, 1.165) is 6.42 Å². The van der Waals surface area contributed by atoms with Crippen LogP contribution in [-0.4, -0.2) is 41.3 Å². The van der Waals surface area contributed by atoms with Gasteiger partial charge in [0, 0.05) is 18.6 Å². The maximum Gasteiger partial charge on any atom is 0.0527 e. The second-order valence-corrected chi connectivity index (χ2v) is 6.08. The molecule has 0 aromatic heterocycles. The minimum Gasteiger partial charge on any atom is -0.393 e. The highest BCUT2D eigenvalue weighted by atomic mass is 16.3. The lowest BCUT2D eigenvalue weighted by molar-refractivity contribution is 0.0738. The van der Waals surface area contributed by atoms with Gasteiger partial charge in [-0.05, 0) is 51.5 Å². The SMILES string of the molecule is CC(O)CC1CCCCN1CC1CCCC1N. The molecular weight excluding hydrogens is 212 g/mol. The molecule has 3 heteroatoms. The Morgan fingerprint density at radius 2 is 2.06 bits per heavy atom. The lowest BCUT2D eigenvalue weighted by Gasteiger charge is -2.38. The summed E-state index contributed by atoms with van der Waals surface area (Å²) < 4.78 is 0. The van der Waals surface area contributed by atoms with Gasteiger partial charge in [-0.3, -0.25) is 4.90 Å². The molecule has 3 N–H and O–H groups in total. The number of aliphatic hydroxyl groups excluding tert-OH is 1. The third kappa shape index (κ3) is 3.67. The van der Waals surface area contributed by atoms with Crippen LogP contribution in [0.4, 0.5) is 0 Å². The number of piperidine rings is 1. The summed E-state index contributed by atoms with van der Waals surface area (Å²) in [6.07, 6.45) is 8.48. The lowest BCUT2D eigenvalue weighted by atomic mass is 9.94. The van der Waals surface area contributed by atoms with E-state index >= 15 is 0 Å². The van der Waals surface area contributed by atoms with E-state index in [4.69, 9.17) is 5.73 Å². The van der Waals surface area contributed by atoms with Crippen LogP contribution in [0.5, 0.6) is 0 Å². The van der Waals surface area contributed by atoms with E-state index in [0.29, 0.717) is 18.0 Å². The van der Waals surface area contributed by atoms with Gasteiger partial charge in [0.15, 0.2) is 0 Å². The van der Waals surface area contributed by atoms with Crippen molar-refractivity contribution in [2.45, 2.75) is 70.1 Å². The van der Waals surface area contributed by atoms with Crippen molar-refractivity contribution >= 4 is 0 Å². The van der Waals surface area contributed by atoms with Crippen molar-refractivity contribution in [1.29, 1.82) is 0 Å². The quantitative estimate of drug-likeness (QED) is 0.787. The van der Waals surface area contributed by atoms with Crippen LogP contribution in [0.25, 0.3) is 0 Å². The van der Waals surface area contributed by atoms with Crippen LogP contribution >= 0.6 is 0 Å². The van der Waals surface area contributed by atoms with Crippen LogP contribution < -0.4 is 5.73 Å². The Hall–Kier alpha value is -0.120. The first-order valence-corrected chi connectivity index (χ1v) is 7.34. The van der Waals surface area contributed by atoms with Crippen LogP contribution in [0.3, 0.4) is 0 Å². The molecule has 1 aliphatic carbocycles. The van der Waals surface area contributed by atoms with Crippen molar-refractivity contribution in [3.63, 3.8) is 0 Å². The molecule has 1 saturated heterocycles. The number of hydrogen-bond acceptors (Lipinski definition) is 3. The Morgan fingerprint density at radius 1 is 1.24 bits per heavy atom. The fourth-order valence-corrected chi connectivity index (χ4v) is 3.55. The van der Waals surface area contributed by atoms with Crippen LogP contribution in [0.2, 0.25) is 0 Å². The second-order valence-electron chi connectivity index (χ2n) is 6.08. The summed E-state index contributed by atoms with van der Waals surface area (Å²) >= 11 is 0. The molecule has 2 aliphatic rings. The van der Waals surface area contributed by atoms with Gasteiger partial charge in [0.2, 0.25) is 0 Å². The van der Waals surface area contributed by atoms with Crippen molar-refractivity contribution in [2.24, 2.45) is 11.7 Å². The van der Waals surface area contributed by atoms with E-state index in [1.54, 1.807) is 0 Å². The predicted molar refractivity (Wildman–Crippen MR) is 70.8 cm³/mol. The van der Waals surface area contributed by atoms with Gasteiger partial charge >= 0.3 is 0 Å². The van der Waals surface area contributed by atoms with Crippen molar-refractivity contribution in [3.05, 3.63) is 0 Å². The molecule has 0 radical (unpaired) electrons. The number of likely N-dealkylation sites (tertiary alicyclic amines) is 1. The van der Waals surface area contributed by atoms with E-state index < -0.39 is 0 Å². The zero-order chi connectivity index (χ0) is 12.3. The highest BCUT2D eigenvalue weighted by Gasteiger charge is 2.30. The van der Waals surface area contributed by atoms with Crippen LogP contribution in [0.15, 0.2) is 0 Å². The molecule has 3 nitrogen and oxygen atoms in total. The van der Waals surface area contributed by atoms with Gasteiger partial charge in [0.25, 0.3) is 0 Å². The number of aliphatic hydroxyl groups is 1. The topological polar surface area (TPSA) is 49.5 Å². The Bertz CT molecular complexity index is 232. The van der Waals surface area contributed by atoms with Gasteiger partial charge in [0.1, 0.15) is 0 Å². The summed E-state index contributed by atoms with van der Waals surface area (Å²) in [6.45, 7) is 4.28. The highest BCUT2D eigenvalue weighted by Crippen LogP contribution is 2.28. The summed E-state index contributed by atoms with van der Waals surface area (Å²) in [5, 5.41) is 9.58. The zero-order valence-electron chi connectivity index (χ0n) is 11.1. The first kappa shape index (κ1) is 13.3. The van der Waals surface area contributed by atoms with E-state index in [2.05, 4.69) is 4.90 Å². The van der Waals surface area contributed by atoms with Crippen molar-refractivity contribution < 1.29 is 5.11 Å². The molecule has 0 bridgehead atoms. The highest BCUT2D eigenvalue weighted by molar-refractivity contribution is 4.86. The van der Waals surface area contributed by atoms with E-state index in [-0.39, 0.29) is 6.10 Å². The van der Waals surface area contributed by atoms with Crippen LogP contribution in [-0.2, 0) is 0 Å². The van der Waals surface area contributed by atoms with Crippen molar-refractivity contribution in [3.8, 4) is 0 Å². The Kier molecular flexibility index (Phi) is 4.83. The van der Waals surface area contributed by atoms with Gasteiger partial charge in [-0.2, -0.15) is 0 Å². The maximum atomic E-state index is 9.58. The van der Waals surface area contributed by atoms with Crippen LogP contribution in [0.1, 0.15) is 51.9 Å². The Morgan fingerprint density at radius 3 is 2.71 bits per heavy atom. The fraction of sp³-hybridized carbons (Fsp3) is 1.00. The van der Waals surface area contributed by atoms with Crippen molar-refractivity contribution in [2.75, 3.05) is 13.1 Å². The summed E-state index contributed by atoms with van der Waals surface area (Å²) in [6, 6.07) is 1.01. The standard InChI is InChI=1S/C14H28N2O/c1-11(17)9-13-6-2-3-8-16(13)10-12-5-4-7-14(12)15/h11-14,17H,2-10,15H2,1H3. The first-order chi connectivity index (χ1) is 8.16. The van der Waals surface area contributed by atoms with Gasteiger partial charge in [-0.1, -0.05) is 12.8 Å². The van der Waals surface area contributed by atoms with E-state index in [9.17, 15) is 5.11 Å². The molecule has 4 atom stereocenters. The molecule has 1 heterocycles. The smallest absolute Gasteiger partial charge is 0.0527 e. The van der Waals surface area contributed by atoms with Gasteiger partial charge in [0.05, 0.1) is 6.10 Å². The van der Waals surface area contributed by atoms with Crippen LogP contribution in [0, 0.1) is 5.92 Å². The van der Waals surface area contributed by atoms with E-state index in [1.165, 1.54) is 51.6 Å². The summed E-state index contributed by atoms with van der Waals surface area (Å²) in [4.78, 5) is 2.60. The lowest BCUT2D eigenvalue weighted by Crippen LogP contribution is -2.45. The summed E-state index contributed by atoms with van der Waals surface area (Å²) in [7, 11) is 0. The number of nitrogens with zero attached hydrogens (tertiary/aromatic N) is 1. The molecule has 1 saturated carbocycles. The summed E-state index contributed by atoms with van der Waals surface area (Å²) in [5.41, 5.74) is 6.17. The molecule has 2 rings (SSSR count). The predicted octanol–water partition coefficient (Wildman–Crippen LogP) is 1.74. The molecule has 4 unspecified atom stereocenters. The molecule has 0 aromatic carbocycles. The fourth-order valence-electron chi connectivity index (χ4n) is 3.55. The van der Waals surface area contributed by atoms with Crippen molar-refractivity contribution in [1.82, 2.24) is 4.90 Å². The zero-order valence-corrected chi connectivity index (χ0v) is 11.1. The Balaban J connectivity index is 1.87. The monoisotopic (exact) mass is 240 g/mol. The van der Waals surface area contributed by atoms with Gasteiger partial charge in [-0.15, -0.1) is 0 Å². The average molecular weight is 240 g/mol. The normalized spacial score (nSPS) is 37.2. The molecule has 100 valence electrons. The Labute approximate surface area is 105 Å². The van der Waals surface area contributed by atoms with Gasteiger partial charge < -0.3 is 10.8 Å². The first-order valence-electron chi connectivity index (χ1n) is 7.34. The average Bonchev–Trinajstić information content (AvgIpc) is 2.67.